The van der Waals surface area contributed by atoms with Crippen LogP contribution in [0.15, 0.2) is 54.6 Å². The molecule has 2 aromatic carbocycles. The molecule has 0 aliphatic heterocycles. The first-order valence-corrected chi connectivity index (χ1v) is 8.14. The highest BCUT2D eigenvalue weighted by atomic mass is 14.9. The summed E-state index contributed by atoms with van der Waals surface area (Å²) in [7, 11) is 0. The van der Waals surface area contributed by atoms with Crippen LogP contribution in [0.3, 0.4) is 0 Å². The molecule has 2 aromatic rings. The summed E-state index contributed by atoms with van der Waals surface area (Å²) in [5, 5.41) is 3.73. The van der Waals surface area contributed by atoms with E-state index in [1.807, 2.05) is 0 Å². The van der Waals surface area contributed by atoms with Crippen LogP contribution in [0.2, 0.25) is 0 Å². The van der Waals surface area contributed by atoms with Crippen LogP contribution < -0.4 is 5.32 Å². The Balaban J connectivity index is 1.63. The molecule has 0 heterocycles. The summed E-state index contributed by atoms with van der Waals surface area (Å²) in [6, 6.07) is 20.6. The second-order valence-electron chi connectivity index (χ2n) is 6.46. The minimum atomic E-state index is 0.420. The van der Waals surface area contributed by atoms with E-state index in [4.69, 9.17) is 0 Å². The van der Waals surface area contributed by atoms with E-state index in [-0.39, 0.29) is 0 Å². The molecular weight excluding hydrogens is 254 g/mol. The Bertz CT molecular complexity index is 554. The van der Waals surface area contributed by atoms with Gasteiger partial charge in [-0.15, -0.1) is 0 Å². The molecule has 0 bridgehead atoms. The maximum absolute atomic E-state index is 3.73. The fourth-order valence-corrected chi connectivity index (χ4v) is 3.04. The standard InChI is InChI=1S/C20H25N/c1-15(14-17-8-9-17)21-16(2)18-10-12-20(13-11-18)19-6-4-3-5-7-19/h3-7,10-13,15-17,21H,8-9,14H2,1-2H3. The van der Waals surface area contributed by atoms with Gasteiger partial charge in [-0.25, -0.2) is 0 Å². The van der Waals surface area contributed by atoms with Gasteiger partial charge >= 0.3 is 0 Å². The van der Waals surface area contributed by atoms with Crippen molar-refractivity contribution in [1.82, 2.24) is 5.32 Å². The van der Waals surface area contributed by atoms with Crippen LogP contribution in [0.1, 0.15) is 44.7 Å². The molecule has 0 radical (unpaired) electrons. The third-order valence-electron chi connectivity index (χ3n) is 4.44. The van der Waals surface area contributed by atoms with Crippen molar-refractivity contribution in [1.29, 1.82) is 0 Å². The van der Waals surface area contributed by atoms with E-state index in [1.54, 1.807) is 0 Å². The minimum Gasteiger partial charge on any atom is -0.308 e. The molecule has 2 atom stereocenters. The maximum atomic E-state index is 3.73. The third-order valence-corrected chi connectivity index (χ3v) is 4.44. The van der Waals surface area contributed by atoms with Gasteiger partial charge in [-0.3, -0.25) is 0 Å². The number of nitrogens with one attached hydrogen (secondary N) is 1. The molecule has 2 unspecified atom stereocenters. The van der Waals surface area contributed by atoms with Crippen molar-refractivity contribution in [2.45, 2.75) is 45.2 Å². The number of benzene rings is 2. The molecule has 0 spiro atoms. The maximum Gasteiger partial charge on any atom is 0.0294 e. The van der Waals surface area contributed by atoms with Gasteiger partial charge in [0.2, 0.25) is 0 Å². The Kier molecular flexibility index (Phi) is 4.40. The van der Waals surface area contributed by atoms with Crippen molar-refractivity contribution in [2.24, 2.45) is 5.92 Å². The van der Waals surface area contributed by atoms with Crippen molar-refractivity contribution >= 4 is 0 Å². The second-order valence-corrected chi connectivity index (χ2v) is 6.46. The lowest BCUT2D eigenvalue weighted by Crippen LogP contribution is -2.29. The molecule has 1 fully saturated rings. The molecule has 21 heavy (non-hydrogen) atoms. The molecular formula is C20H25N. The fraction of sp³-hybridized carbons (Fsp3) is 0.400. The lowest BCUT2D eigenvalue weighted by Gasteiger charge is -2.20. The molecule has 1 aliphatic carbocycles. The summed E-state index contributed by atoms with van der Waals surface area (Å²) in [5.74, 6) is 0.986. The van der Waals surface area contributed by atoms with Crippen molar-refractivity contribution < 1.29 is 0 Å². The lowest BCUT2D eigenvalue weighted by atomic mass is 10.0. The molecule has 0 aromatic heterocycles. The van der Waals surface area contributed by atoms with Gasteiger partial charge in [0.1, 0.15) is 0 Å². The summed E-state index contributed by atoms with van der Waals surface area (Å²) >= 11 is 0. The highest BCUT2D eigenvalue weighted by Gasteiger charge is 2.24. The summed E-state index contributed by atoms with van der Waals surface area (Å²) in [6.45, 7) is 4.58. The van der Waals surface area contributed by atoms with Gasteiger partial charge in [-0.1, -0.05) is 67.4 Å². The Labute approximate surface area is 128 Å². The van der Waals surface area contributed by atoms with Gasteiger partial charge < -0.3 is 5.32 Å². The number of hydrogen-bond donors (Lipinski definition) is 1. The Morgan fingerprint density at radius 3 is 2.14 bits per heavy atom. The Morgan fingerprint density at radius 2 is 1.52 bits per heavy atom. The SMILES string of the molecule is CC(CC1CC1)NC(C)c1ccc(-c2ccccc2)cc1. The van der Waals surface area contributed by atoms with Gasteiger partial charge in [-0.05, 0) is 42.9 Å². The molecule has 0 saturated heterocycles. The first-order valence-electron chi connectivity index (χ1n) is 8.14. The largest absolute Gasteiger partial charge is 0.308 e. The minimum absolute atomic E-state index is 0.420. The van der Waals surface area contributed by atoms with Crippen LogP contribution in [0.4, 0.5) is 0 Å². The lowest BCUT2D eigenvalue weighted by molar-refractivity contribution is 0.438. The average Bonchev–Trinajstić information content (AvgIpc) is 3.32. The van der Waals surface area contributed by atoms with Gasteiger partial charge in [0.15, 0.2) is 0 Å². The average molecular weight is 279 g/mol. The van der Waals surface area contributed by atoms with Crippen molar-refractivity contribution in [3.63, 3.8) is 0 Å². The highest BCUT2D eigenvalue weighted by Crippen LogP contribution is 2.33. The van der Waals surface area contributed by atoms with Gasteiger partial charge in [-0.2, -0.15) is 0 Å². The van der Waals surface area contributed by atoms with Crippen LogP contribution in [0, 0.1) is 5.92 Å². The van der Waals surface area contributed by atoms with E-state index in [1.165, 1.54) is 36.0 Å². The van der Waals surface area contributed by atoms with E-state index in [0.29, 0.717) is 12.1 Å². The first-order chi connectivity index (χ1) is 10.2. The zero-order valence-corrected chi connectivity index (χ0v) is 13.0. The molecule has 1 saturated carbocycles. The Morgan fingerprint density at radius 1 is 0.905 bits per heavy atom. The first kappa shape index (κ1) is 14.3. The summed E-state index contributed by atoms with van der Waals surface area (Å²) in [6.07, 6.45) is 4.20. The molecule has 0 amide bonds. The summed E-state index contributed by atoms with van der Waals surface area (Å²) in [4.78, 5) is 0. The van der Waals surface area contributed by atoms with E-state index >= 15 is 0 Å². The monoisotopic (exact) mass is 279 g/mol. The zero-order valence-electron chi connectivity index (χ0n) is 13.0. The van der Waals surface area contributed by atoms with Crippen LogP contribution in [-0.2, 0) is 0 Å². The van der Waals surface area contributed by atoms with E-state index < -0.39 is 0 Å². The van der Waals surface area contributed by atoms with E-state index in [0.717, 1.165) is 5.92 Å². The molecule has 1 nitrogen and oxygen atoms in total. The Hall–Kier alpha value is -1.60. The third kappa shape index (κ3) is 3.95. The predicted octanol–water partition coefficient (Wildman–Crippen LogP) is 5.19. The fourth-order valence-electron chi connectivity index (χ4n) is 3.04. The van der Waals surface area contributed by atoms with Crippen LogP contribution in [-0.4, -0.2) is 6.04 Å². The van der Waals surface area contributed by atoms with Gasteiger partial charge in [0.25, 0.3) is 0 Å². The quantitative estimate of drug-likeness (QED) is 0.767. The smallest absolute Gasteiger partial charge is 0.0294 e. The van der Waals surface area contributed by atoms with E-state index in [2.05, 4.69) is 73.8 Å². The molecule has 1 heteroatoms. The molecule has 110 valence electrons. The van der Waals surface area contributed by atoms with Crippen LogP contribution in [0.5, 0.6) is 0 Å². The van der Waals surface area contributed by atoms with Crippen molar-refractivity contribution in [3.8, 4) is 11.1 Å². The van der Waals surface area contributed by atoms with Crippen LogP contribution >= 0.6 is 0 Å². The molecule has 3 rings (SSSR count). The van der Waals surface area contributed by atoms with Crippen molar-refractivity contribution in [2.75, 3.05) is 0 Å². The van der Waals surface area contributed by atoms with E-state index in [9.17, 15) is 0 Å². The van der Waals surface area contributed by atoms with Crippen molar-refractivity contribution in [3.05, 3.63) is 60.2 Å². The zero-order chi connectivity index (χ0) is 14.7. The molecule has 1 aliphatic rings. The van der Waals surface area contributed by atoms with Crippen LogP contribution in [0.25, 0.3) is 11.1 Å². The van der Waals surface area contributed by atoms with Gasteiger partial charge in [0, 0.05) is 12.1 Å². The normalized spacial score (nSPS) is 17.4. The topological polar surface area (TPSA) is 12.0 Å². The number of rotatable bonds is 6. The number of hydrogen-bond acceptors (Lipinski definition) is 1. The van der Waals surface area contributed by atoms with Gasteiger partial charge in [0.05, 0.1) is 0 Å². The summed E-state index contributed by atoms with van der Waals surface area (Å²) in [5.41, 5.74) is 3.95. The second kappa shape index (κ2) is 6.44. The predicted molar refractivity (Wildman–Crippen MR) is 90.2 cm³/mol. The highest BCUT2D eigenvalue weighted by molar-refractivity contribution is 5.63. The molecule has 1 N–H and O–H groups in total. The summed E-state index contributed by atoms with van der Waals surface area (Å²) < 4.78 is 0.